The normalized spacial score (nSPS) is 10.2. The number of nitrogens with zero attached hydrogens (tertiary/aromatic N) is 2. The molecule has 0 aliphatic carbocycles. The molecule has 0 saturated carbocycles. The highest BCUT2D eigenvalue weighted by molar-refractivity contribution is 6.44. The summed E-state index contributed by atoms with van der Waals surface area (Å²) in [5.74, 6) is -0.591. The highest BCUT2D eigenvalue weighted by atomic mass is 35.5. The first kappa shape index (κ1) is 13.4. The van der Waals surface area contributed by atoms with Crippen molar-refractivity contribution in [2.24, 2.45) is 0 Å². The van der Waals surface area contributed by atoms with Crippen LogP contribution in [0.1, 0.15) is 10.4 Å². The minimum Gasteiger partial charge on any atom is -0.268 e. The molecule has 1 amide bonds. The minimum absolute atomic E-state index is 0.0306. The number of halogens is 2. The van der Waals surface area contributed by atoms with E-state index in [1.165, 1.54) is 4.68 Å². The van der Waals surface area contributed by atoms with Gasteiger partial charge < -0.3 is 0 Å². The molecule has 0 radical (unpaired) electrons. The lowest BCUT2D eigenvalue weighted by atomic mass is 10.2. The molecule has 1 heterocycles. The first-order valence-electron chi connectivity index (χ1n) is 5.07. The van der Waals surface area contributed by atoms with Crippen molar-refractivity contribution in [3.63, 3.8) is 0 Å². The number of hydrogen-bond acceptors (Lipinski definition) is 3. The summed E-state index contributed by atoms with van der Waals surface area (Å²) in [6.07, 6.45) is 3.20. The van der Waals surface area contributed by atoms with Crippen molar-refractivity contribution in [3.8, 4) is 0 Å². The van der Waals surface area contributed by atoms with Gasteiger partial charge in [-0.3, -0.25) is 25.0 Å². The van der Waals surface area contributed by atoms with E-state index < -0.39 is 10.8 Å². The summed E-state index contributed by atoms with van der Waals surface area (Å²) in [7, 11) is 0. The fraction of sp³-hybridized carbons (Fsp3) is 0. The van der Waals surface area contributed by atoms with Crippen molar-refractivity contribution in [1.29, 1.82) is 0 Å². The Kier molecular flexibility index (Phi) is 3.73. The standard InChI is InChI=1S/C11H7Cl2N3O3/c12-9-6-7(16(18)19)5-8(10(9)13)11(17)14-15-3-1-2-4-15/h1-6H,(H,14,17). The van der Waals surface area contributed by atoms with Crippen molar-refractivity contribution in [3.05, 3.63) is 62.4 Å². The Hall–Kier alpha value is -2.05. The summed E-state index contributed by atoms with van der Waals surface area (Å²) < 4.78 is 1.39. The van der Waals surface area contributed by atoms with Crippen LogP contribution in [0.2, 0.25) is 10.0 Å². The highest BCUT2D eigenvalue weighted by Crippen LogP contribution is 2.30. The average molecular weight is 300 g/mol. The second kappa shape index (κ2) is 5.29. The van der Waals surface area contributed by atoms with Crippen molar-refractivity contribution in [2.75, 3.05) is 5.43 Å². The number of non-ortho nitro benzene ring substituents is 1. The van der Waals surface area contributed by atoms with Crippen LogP contribution in [0.3, 0.4) is 0 Å². The van der Waals surface area contributed by atoms with Crippen LogP contribution in [0, 0.1) is 10.1 Å². The van der Waals surface area contributed by atoms with E-state index >= 15 is 0 Å². The molecule has 2 aromatic rings. The summed E-state index contributed by atoms with van der Waals surface area (Å²) >= 11 is 11.6. The number of nitrogens with one attached hydrogen (secondary N) is 1. The van der Waals surface area contributed by atoms with Crippen LogP contribution in [0.25, 0.3) is 0 Å². The minimum atomic E-state index is -0.644. The fourth-order valence-electron chi connectivity index (χ4n) is 1.43. The summed E-state index contributed by atoms with van der Waals surface area (Å²) in [6, 6.07) is 5.59. The van der Waals surface area contributed by atoms with Crippen LogP contribution < -0.4 is 5.43 Å². The van der Waals surface area contributed by atoms with Gasteiger partial charge in [0.15, 0.2) is 0 Å². The van der Waals surface area contributed by atoms with E-state index in [1.54, 1.807) is 24.5 Å². The van der Waals surface area contributed by atoms with Gasteiger partial charge in [0.1, 0.15) is 0 Å². The Morgan fingerprint density at radius 1 is 1.26 bits per heavy atom. The van der Waals surface area contributed by atoms with Gasteiger partial charge >= 0.3 is 0 Å². The van der Waals surface area contributed by atoms with Gasteiger partial charge in [-0.1, -0.05) is 23.2 Å². The lowest BCUT2D eigenvalue weighted by Crippen LogP contribution is -2.21. The molecule has 1 aromatic heterocycles. The van der Waals surface area contributed by atoms with Gasteiger partial charge in [0.2, 0.25) is 0 Å². The molecule has 0 saturated heterocycles. The molecule has 0 aliphatic heterocycles. The number of carbonyl (C=O) groups is 1. The number of nitro benzene ring substituents is 1. The summed E-state index contributed by atoms with van der Waals surface area (Å²) in [5.41, 5.74) is 2.12. The van der Waals surface area contributed by atoms with E-state index in [9.17, 15) is 14.9 Å². The van der Waals surface area contributed by atoms with E-state index in [0.29, 0.717) is 0 Å². The Morgan fingerprint density at radius 3 is 2.47 bits per heavy atom. The maximum atomic E-state index is 12.0. The molecule has 19 heavy (non-hydrogen) atoms. The second-order valence-electron chi connectivity index (χ2n) is 3.58. The fourth-order valence-corrected chi connectivity index (χ4v) is 1.84. The van der Waals surface area contributed by atoms with Gasteiger partial charge in [0.25, 0.3) is 11.6 Å². The SMILES string of the molecule is O=C(Nn1cccc1)c1cc([N+](=O)[O-])cc(Cl)c1Cl. The van der Waals surface area contributed by atoms with Gasteiger partial charge in [-0.05, 0) is 12.1 Å². The number of benzene rings is 1. The van der Waals surface area contributed by atoms with Gasteiger partial charge in [0, 0.05) is 24.5 Å². The van der Waals surface area contributed by atoms with E-state index in [1.807, 2.05) is 0 Å². The van der Waals surface area contributed by atoms with Crippen molar-refractivity contribution >= 4 is 34.8 Å². The first-order valence-corrected chi connectivity index (χ1v) is 5.82. The lowest BCUT2D eigenvalue weighted by Gasteiger charge is -2.08. The molecule has 8 heteroatoms. The number of aromatic nitrogens is 1. The van der Waals surface area contributed by atoms with E-state index in [2.05, 4.69) is 5.43 Å². The zero-order valence-electron chi connectivity index (χ0n) is 9.34. The molecular weight excluding hydrogens is 293 g/mol. The van der Waals surface area contributed by atoms with Gasteiger partial charge in [-0.15, -0.1) is 0 Å². The number of carbonyl (C=O) groups excluding carboxylic acids is 1. The topological polar surface area (TPSA) is 77.2 Å². The molecule has 6 nitrogen and oxygen atoms in total. The molecule has 1 N–H and O–H groups in total. The Labute approximate surface area is 117 Å². The molecule has 1 aromatic carbocycles. The number of hydrogen-bond donors (Lipinski definition) is 1. The van der Waals surface area contributed by atoms with Crippen LogP contribution in [0.4, 0.5) is 5.69 Å². The summed E-state index contributed by atoms with van der Waals surface area (Å²) in [4.78, 5) is 22.0. The van der Waals surface area contributed by atoms with Crippen molar-refractivity contribution in [1.82, 2.24) is 4.68 Å². The van der Waals surface area contributed by atoms with Crippen LogP contribution >= 0.6 is 23.2 Å². The largest absolute Gasteiger partial charge is 0.271 e. The smallest absolute Gasteiger partial charge is 0.268 e. The summed E-state index contributed by atoms with van der Waals surface area (Å²) in [6.45, 7) is 0. The zero-order chi connectivity index (χ0) is 14.0. The predicted molar refractivity (Wildman–Crippen MR) is 71.2 cm³/mol. The average Bonchev–Trinajstić information content (AvgIpc) is 2.84. The third-order valence-corrected chi connectivity index (χ3v) is 3.11. The van der Waals surface area contributed by atoms with E-state index in [0.717, 1.165) is 12.1 Å². The highest BCUT2D eigenvalue weighted by Gasteiger charge is 2.19. The molecule has 0 bridgehead atoms. The van der Waals surface area contributed by atoms with Crippen molar-refractivity contribution in [2.45, 2.75) is 0 Å². The predicted octanol–water partition coefficient (Wildman–Crippen LogP) is 3.09. The number of nitro groups is 1. The zero-order valence-corrected chi connectivity index (χ0v) is 10.9. The van der Waals surface area contributed by atoms with Crippen molar-refractivity contribution < 1.29 is 9.72 Å². The van der Waals surface area contributed by atoms with Crippen LogP contribution in [-0.4, -0.2) is 15.5 Å². The second-order valence-corrected chi connectivity index (χ2v) is 4.36. The molecule has 2 rings (SSSR count). The maximum absolute atomic E-state index is 12.0. The molecular formula is C11H7Cl2N3O3. The van der Waals surface area contributed by atoms with Crippen LogP contribution in [0.5, 0.6) is 0 Å². The third-order valence-electron chi connectivity index (χ3n) is 2.30. The van der Waals surface area contributed by atoms with Crippen LogP contribution in [0.15, 0.2) is 36.7 Å². The van der Waals surface area contributed by atoms with Gasteiger partial charge in [-0.2, -0.15) is 0 Å². The van der Waals surface area contributed by atoms with E-state index in [4.69, 9.17) is 23.2 Å². The lowest BCUT2D eigenvalue weighted by molar-refractivity contribution is -0.384. The quantitative estimate of drug-likeness (QED) is 0.699. The van der Waals surface area contributed by atoms with Crippen LogP contribution in [-0.2, 0) is 0 Å². The van der Waals surface area contributed by atoms with Gasteiger partial charge in [-0.25, -0.2) is 0 Å². The molecule has 0 spiro atoms. The Morgan fingerprint density at radius 2 is 1.89 bits per heavy atom. The summed E-state index contributed by atoms with van der Waals surface area (Å²) in [5, 5.41) is 10.6. The molecule has 98 valence electrons. The Balaban J connectivity index is 2.38. The molecule has 0 fully saturated rings. The molecule has 0 atom stereocenters. The maximum Gasteiger partial charge on any atom is 0.271 e. The molecule has 0 aliphatic rings. The monoisotopic (exact) mass is 299 g/mol. The number of rotatable bonds is 3. The first-order chi connectivity index (χ1) is 8.99. The van der Waals surface area contributed by atoms with Gasteiger partial charge in [0.05, 0.1) is 20.5 Å². The molecule has 0 unspecified atom stereocenters. The third kappa shape index (κ3) is 2.86. The van der Waals surface area contributed by atoms with E-state index in [-0.39, 0.29) is 21.3 Å². The Bertz CT molecular complexity index is 641. The number of amides is 1.